The Hall–Kier alpha value is -2.18. The van der Waals surface area contributed by atoms with Gasteiger partial charge in [-0.05, 0) is 42.3 Å². The van der Waals surface area contributed by atoms with Crippen LogP contribution in [0.15, 0.2) is 60.7 Å². The van der Waals surface area contributed by atoms with E-state index in [9.17, 15) is 4.79 Å². The molecule has 2 aromatic carbocycles. The highest BCUT2D eigenvalue weighted by Crippen LogP contribution is 2.40. The number of ether oxygens (including phenoxy) is 1. The molecular formula is C24H25ClN2O2S. The van der Waals surface area contributed by atoms with Crippen molar-refractivity contribution in [3.8, 4) is 0 Å². The summed E-state index contributed by atoms with van der Waals surface area (Å²) in [5.74, 6) is -0.0897. The molecule has 4 nitrogen and oxygen atoms in total. The number of nitrogens with one attached hydrogen (secondary N) is 1. The van der Waals surface area contributed by atoms with E-state index in [4.69, 9.17) is 16.3 Å². The fourth-order valence-electron chi connectivity index (χ4n) is 3.80. The van der Waals surface area contributed by atoms with Crippen molar-refractivity contribution in [2.45, 2.75) is 19.4 Å². The highest BCUT2D eigenvalue weighted by atomic mass is 35.5. The highest BCUT2D eigenvalue weighted by molar-refractivity contribution is 7.16. The van der Waals surface area contributed by atoms with Crippen LogP contribution in [0, 0.1) is 0 Å². The van der Waals surface area contributed by atoms with Gasteiger partial charge < -0.3 is 10.1 Å². The zero-order valence-electron chi connectivity index (χ0n) is 16.9. The molecule has 3 aromatic rings. The van der Waals surface area contributed by atoms with Crippen LogP contribution in [0.25, 0.3) is 0 Å². The quantitative estimate of drug-likeness (QED) is 0.539. The van der Waals surface area contributed by atoms with E-state index in [2.05, 4.69) is 29.3 Å². The van der Waals surface area contributed by atoms with Crippen LogP contribution in [0.4, 0.5) is 5.00 Å². The Morgan fingerprint density at radius 2 is 1.90 bits per heavy atom. The SMILES string of the molecule is CCc1cc([C@H](c2cccc(Cl)c2)N2CCOCC2)c(NC(=O)c2ccccc2)s1. The van der Waals surface area contributed by atoms with E-state index in [0.29, 0.717) is 23.8 Å². The monoisotopic (exact) mass is 440 g/mol. The van der Waals surface area contributed by atoms with E-state index in [1.165, 1.54) is 4.88 Å². The molecule has 1 aliphatic heterocycles. The summed E-state index contributed by atoms with van der Waals surface area (Å²) in [4.78, 5) is 16.5. The Kier molecular flexibility index (Phi) is 6.85. The summed E-state index contributed by atoms with van der Waals surface area (Å²) in [7, 11) is 0. The molecule has 0 spiro atoms. The number of amides is 1. The van der Waals surface area contributed by atoms with Crippen molar-refractivity contribution < 1.29 is 9.53 Å². The van der Waals surface area contributed by atoms with Crippen molar-refractivity contribution in [3.05, 3.63) is 87.3 Å². The topological polar surface area (TPSA) is 41.6 Å². The van der Waals surface area contributed by atoms with Crippen LogP contribution in [0.3, 0.4) is 0 Å². The van der Waals surface area contributed by atoms with E-state index in [1.807, 2.05) is 48.5 Å². The zero-order chi connectivity index (χ0) is 20.9. The smallest absolute Gasteiger partial charge is 0.256 e. The average molecular weight is 441 g/mol. The number of thiophene rings is 1. The lowest BCUT2D eigenvalue weighted by Crippen LogP contribution is -2.39. The van der Waals surface area contributed by atoms with Crippen molar-refractivity contribution in [1.29, 1.82) is 0 Å². The van der Waals surface area contributed by atoms with Crippen LogP contribution in [-0.4, -0.2) is 37.1 Å². The van der Waals surface area contributed by atoms with Gasteiger partial charge in [0.1, 0.15) is 5.00 Å². The molecule has 1 fully saturated rings. The summed E-state index contributed by atoms with van der Waals surface area (Å²) in [5, 5.41) is 4.79. The third-order valence-corrected chi connectivity index (χ3v) is 6.74. The van der Waals surface area contributed by atoms with Gasteiger partial charge in [0.2, 0.25) is 0 Å². The van der Waals surface area contributed by atoms with E-state index in [0.717, 1.165) is 35.6 Å². The number of aryl methyl sites for hydroxylation is 1. The van der Waals surface area contributed by atoms with Crippen LogP contribution in [0.1, 0.15) is 39.3 Å². The Bertz CT molecular complexity index is 999. The normalized spacial score (nSPS) is 15.7. The molecule has 1 aromatic heterocycles. The van der Waals surface area contributed by atoms with Crippen molar-refractivity contribution in [2.75, 3.05) is 31.6 Å². The molecule has 1 amide bonds. The molecule has 0 aliphatic carbocycles. The largest absolute Gasteiger partial charge is 0.379 e. The van der Waals surface area contributed by atoms with Gasteiger partial charge >= 0.3 is 0 Å². The first kappa shape index (κ1) is 21.1. The minimum Gasteiger partial charge on any atom is -0.379 e. The van der Waals surface area contributed by atoms with Gasteiger partial charge in [0.05, 0.1) is 19.3 Å². The van der Waals surface area contributed by atoms with Gasteiger partial charge in [-0.2, -0.15) is 0 Å². The van der Waals surface area contributed by atoms with Gasteiger partial charge in [0.15, 0.2) is 0 Å². The maximum Gasteiger partial charge on any atom is 0.256 e. The van der Waals surface area contributed by atoms with Crippen LogP contribution < -0.4 is 5.32 Å². The van der Waals surface area contributed by atoms with Gasteiger partial charge in [-0.15, -0.1) is 11.3 Å². The molecule has 6 heteroatoms. The van der Waals surface area contributed by atoms with Crippen molar-refractivity contribution in [3.63, 3.8) is 0 Å². The minimum atomic E-state index is -0.0897. The summed E-state index contributed by atoms with van der Waals surface area (Å²) in [6, 6.07) is 19.6. The van der Waals surface area contributed by atoms with Crippen LogP contribution in [-0.2, 0) is 11.2 Å². The number of halogens is 1. The standard InChI is InChI=1S/C24H25ClN2O2S/c1-2-20-16-21(24(30-20)26-23(28)17-7-4-3-5-8-17)22(27-11-13-29-14-12-27)18-9-6-10-19(25)15-18/h3-10,15-16,22H,2,11-14H2,1H3,(H,26,28)/t22-/m0/s1. The number of carbonyl (C=O) groups is 1. The molecule has 0 bridgehead atoms. The number of rotatable bonds is 6. The number of hydrogen-bond acceptors (Lipinski definition) is 4. The fraction of sp³-hybridized carbons (Fsp3) is 0.292. The summed E-state index contributed by atoms with van der Waals surface area (Å²) in [6.45, 7) is 5.21. The van der Waals surface area contributed by atoms with E-state index < -0.39 is 0 Å². The Morgan fingerprint density at radius 1 is 1.13 bits per heavy atom. The van der Waals surface area contributed by atoms with Gasteiger partial charge in [0.25, 0.3) is 5.91 Å². The Labute approximate surface area is 186 Å². The molecule has 1 saturated heterocycles. The fourth-order valence-corrected chi connectivity index (χ4v) is 5.02. The van der Waals surface area contributed by atoms with Crippen LogP contribution in [0.2, 0.25) is 5.02 Å². The predicted octanol–water partition coefficient (Wildman–Crippen LogP) is 5.64. The van der Waals surface area contributed by atoms with Crippen LogP contribution >= 0.6 is 22.9 Å². The maximum atomic E-state index is 12.9. The van der Waals surface area contributed by atoms with Gasteiger partial charge in [-0.1, -0.05) is 48.9 Å². The number of benzene rings is 2. The zero-order valence-corrected chi connectivity index (χ0v) is 18.5. The molecule has 0 saturated carbocycles. The van der Waals surface area contributed by atoms with E-state index in [-0.39, 0.29) is 11.9 Å². The Balaban J connectivity index is 1.74. The Morgan fingerprint density at radius 3 is 2.60 bits per heavy atom. The number of nitrogens with zero attached hydrogens (tertiary/aromatic N) is 1. The molecule has 1 atom stereocenters. The second kappa shape index (κ2) is 9.75. The van der Waals surface area contributed by atoms with E-state index >= 15 is 0 Å². The lowest BCUT2D eigenvalue weighted by atomic mass is 9.97. The predicted molar refractivity (Wildman–Crippen MR) is 124 cm³/mol. The molecule has 2 heterocycles. The van der Waals surface area contributed by atoms with Gasteiger partial charge in [-0.25, -0.2) is 0 Å². The molecular weight excluding hydrogens is 416 g/mol. The van der Waals surface area contributed by atoms with Crippen LogP contribution in [0.5, 0.6) is 0 Å². The molecule has 1 aliphatic rings. The lowest BCUT2D eigenvalue weighted by molar-refractivity contribution is 0.0241. The summed E-state index contributed by atoms with van der Waals surface area (Å²) in [6.07, 6.45) is 0.921. The molecule has 0 unspecified atom stereocenters. The second-order valence-electron chi connectivity index (χ2n) is 7.28. The summed E-state index contributed by atoms with van der Waals surface area (Å²) >= 11 is 7.99. The average Bonchev–Trinajstić information content (AvgIpc) is 3.18. The third-order valence-electron chi connectivity index (χ3n) is 5.29. The molecule has 4 rings (SSSR count). The van der Waals surface area contributed by atoms with Crippen molar-refractivity contribution >= 4 is 33.8 Å². The summed E-state index contributed by atoms with van der Waals surface area (Å²) < 4.78 is 5.59. The van der Waals surface area contributed by atoms with E-state index in [1.54, 1.807) is 11.3 Å². The van der Waals surface area contributed by atoms with Crippen molar-refractivity contribution in [1.82, 2.24) is 4.90 Å². The van der Waals surface area contributed by atoms with Crippen molar-refractivity contribution in [2.24, 2.45) is 0 Å². The lowest BCUT2D eigenvalue weighted by Gasteiger charge is -2.35. The summed E-state index contributed by atoms with van der Waals surface area (Å²) in [5.41, 5.74) is 2.89. The maximum absolute atomic E-state index is 12.9. The number of morpholine rings is 1. The number of hydrogen-bond donors (Lipinski definition) is 1. The van der Waals surface area contributed by atoms with Gasteiger partial charge in [-0.3, -0.25) is 9.69 Å². The third kappa shape index (κ3) is 4.76. The molecule has 0 radical (unpaired) electrons. The first-order valence-corrected chi connectivity index (χ1v) is 11.4. The minimum absolute atomic E-state index is 0.00947. The number of carbonyl (C=O) groups excluding carboxylic acids is 1. The second-order valence-corrected chi connectivity index (χ2v) is 8.85. The molecule has 30 heavy (non-hydrogen) atoms. The van der Waals surface area contributed by atoms with Gasteiger partial charge in [0, 0.05) is 34.1 Å². The molecule has 156 valence electrons. The number of anilines is 1. The first-order chi connectivity index (χ1) is 14.7. The first-order valence-electron chi connectivity index (χ1n) is 10.2. The molecule has 1 N–H and O–H groups in total. The highest BCUT2D eigenvalue weighted by Gasteiger charge is 2.28.